The van der Waals surface area contributed by atoms with Gasteiger partial charge in [0.15, 0.2) is 0 Å². The fourth-order valence-electron chi connectivity index (χ4n) is 5.67. The van der Waals surface area contributed by atoms with Gasteiger partial charge in [0.2, 0.25) is 17.7 Å². The minimum absolute atomic E-state index is 0.132. The first-order chi connectivity index (χ1) is 23.2. The molecule has 1 aromatic heterocycles. The lowest BCUT2D eigenvalue weighted by molar-refractivity contribution is -0.138. The summed E-state index contributed by atoms with van der Waals surface area (Å²) >= 11 is 0. The number of nitrogens with zero attached hydrogens (tertiary/aromatic N) is 3. The zero-order valence-electron chi connectivity index (χ0n) is 26.8. The van der Waals surface area contributed by atoms with Crippen LogP contribution in [0.5, 0.6) is 5.88 Å². The largest absolute Gasteiger partial charge is 0.478 e. The van der Waals surface area contributed by atoms with E-state index in [0.717, 1.165) is 29.8 Å². The number of hydrogen-bond acceptors (Lipinski definition) is 5. The van der Waals surface area contributed by atoms with Crippen molar-refractivity contribution in [2.24, 2.45) is 5.92 Å². The lowest BCUT2D eigenvalue weighted by atomic mass is 9.88. The molecule has 0 unspecified atom stereocenters. The second-order valence-corrected chi connectivity index (χ2v) is 11.7. The molecule has 2 heterocycles. The van der Waals surface area contributed by atoms with Crippen LogP contribution in [0.1, 0.15) is 34.7 Å². The number of carbonyl (C=O) groups excluding carboxylic acids is 2. The van der Waals surface area contributed by atoms with Crippen LogP contribution in [-0.2, 0) is 35.3 Å². The van der Waals surface area contributed by atoms with Crippen LogP contribution in [0.2, 0.25) is 0 Å². The number of amides is 2. The molecule has 1 aliphatic heterocycles. The number of halogens is 3. The van der Waals surface area contributed by atoms with Gasteiger partial charge < -0.3 is 15.0 Å². The standard InChI is InChI=1S/C38H39F3N4O3/c1-2-48-35-18-15-31(25-42-35)26-43-36(46)33(23-29-13-16-32(17-14-29)38(39,40)41)34(24-28-9-5-3-6-10-28)37(47)45-21-19-44(20-22-45)27-30-11-7-4-8-12-30/h3-18,23,25,34H,2,19-22,24,26-27H2,1H3,(H,43,46)/t34-/m0/s1. The number of carbonyl (C=O) groups is 2. The summed E-state index contributed by atoms with van der Waals surface area (Å²) in [5.41, 5.74) is 2.55. The van der Waals surface area contributed by atoms with E-state index in [2.05, 4.69) is 27.3 Å². The first kappa shape index (κ1) is 34.4. The van der Waals surface area contributed by atoms with Crippen LogP contribution in [0.4, 0.5) is 13.2 Å². The second-order valence-electron chi connectivity index (χ2n) is 11.7. The highest BCUT2D eigenvalue weighted by atomic mass is 19.4. The van der Waals surface area contributed by atoms with Gasteiger partial charge in [0.1, 0.15) is 0 Å². The van der Waals surface area contributed by atoms with Gasteiger partial charge >= 0.3 is 6.18 Å². The number of piperazine rings is 1. The number of ether oxygens (including phenoxy) is 1. The molecule has 0 radical (unpaired) electrons. The summed E-state index contributed by atoms with van der Waals surface area (Å²) in [7, 11) is 0. The van der Waals surface area contributed by atoms with E-state index in [1.165, 1.54) is 23.8 Å². The third-order valence-corrected chi connectivity index (χ3v) is 8.25. The van der Waals surface area contributed by atoms with Gasteiger partial charge in [0.05, 0.1) is 18.1 Å². The molecule has 1 atom stereocenters. The lowest BCUT2D eigenvalue weighted by Gasteiger charge is -2.37. The summed E-state index contributed by atoms with van der Waals surface area (Å²) in [4.78, 5) is 36.7. The molecule has 0 spiro atoms. The van der Waals surface area contributed by atoms with Crippen LogP contribution < -0.4 is 10.1 Å². The van der Waals surface area contributed by atoms with Crippen LogP contribution >= 0.6 is 0 Å². The van der Waals surface area contributed by atoms with E-state index in [1.807, 2.05) is 55.5 Å². The molecule has 4 aromatic rings. The molecule has 250 valence electrons. The molecule has 48 heavy (non-hydrogen) atoms. The molecule has 1 saturated heterocycles. The predicted molar refractivity (Wildman–Crippen MR) is 179 cm³/mol. The van der Waals surface area contributed by atoms with Gasteiger partial charge in [0.25, 0.3) is 0 Å². The number of hydrogen-bond donors (Lipinski definition) is 1. The molecule has 3 aromatic carbocycles. The van der Waals surface area contributed by atoms with Crippen LogP contribution in [-0.4, -0.2) is 59.4 Å². The maximum absolute atomic E-state index is 14.4. The number of aromatic nitrogens is 1. The van der Waals surface area contributed by atoms with Gasteiger partial charge in [-0.25, -0.2) is 4.98 Å². The third kappa shape index (κ3) is 9.54. The second kappa shape index (κ2) is 16.2. The molecular formula is C38H39F3N4O3. The zero-order chi connectivity index (χ0) is 33.9. The fourth-order valence-corrected chi connectivity index (χ4v) is 5.67. The van der Waals surface area contributed by atoms with Crippen molar-refractivity contribution in [3.05, 3.63) is 137 Å². The zero-order valence-corrected chi connectivity index (χ0v) is 26.8. The normalized spacial score (nSPS) is 14.8. The highest BCUT2D eigenvalue weighted by Crippen LogP contribution is 2.30. The minimum Gasteiger partial charge on any atom is -0.478 e. The molecule has 1 fully saturated rings. The summed E-state index contributed by atoms with van der Waals surface area (Å²) in [6.07, 6.45) is -1.12. The Labute approximate surface area is 279 Å². The number of pyridine rings is 1. The summed E-state index contributed by atoms with van der Waals surface area (Å²) in [5.74, 6) is -1.10. The van der Waals surface area contributed by atoms with Gasteiger partial charge in [-0.1, -0.05) is 78.9 Å². The first-order valence-electron chi connectivity index (χ1n) is 16.0. The monoisotopic (exact) mass is 656 g/mol. The maximum Gasteiger partial charge on any atom is 0.416 e. The van der Waals surface area contributed by atoms with Crippen molar-refractivity contribution < 1.29 is 27.5 Å². The van der Waals surface area contributed by atoms with Crippen LogP contribution in [0, 0.1) is 5.92 Å². The Hall–Kier alpha value is -4.96. The van der Waals surface area contributed by atoms with E-state index in [1.54, 1.807) is 23.2 Å². The van der Waals surface area contributed by atoms with Gasteiger partial charge in [-0.05, 0) is 53.8 Å². The van der Waals surface area contributed by atoms with Crippen LogP contribution in [0.3, 0.4) is 0 Å². The van der Waals surface area contributed by atoms with Crippen molar-refractivity contribution in [2.75, 3.05) is 32.8 Å². The fraction of sp³-hybridized carbons (Fsp3) is 0.289. The van der Waals surface area contributed by atoms with E-state index in [-0.39, 0.29) is 24.4 Å². The van der Waals surface area contributed by atoms with Crippen molar-refractivity contribution in [2.45, 2.75) is 32.6 Å². The Morgan fingerprint density at radius 2 is 1.50 bits per heavy atom. The molecule has 5 rings (SSSR count). The SMILES string of the molecule is CCOc1ccc(CNC(=O)C(=Cc2ccc(C(F)(F)F)cc2)[C@H](Cc2ccccc2)C(=O)N2CCN(Cc3ccccc3)CC2)cn1. The molecule has 2 amide bonds. The Balaban J connectivity index is 1.42. The molecule has 0 bridgehead atoms. The van der Waals surface area contributed by atoms with Crippen molar-refractivity contribution >= 4 is 17.9 Å². The van der Waals surface area contributed by atoms with Crippen molar-refractivity contribution in [3.8, 4) is 5.88 Å². The Bertz CT molecular complexity index is 1650. The van der Waals surface area contributed by atoms with E-state index >= 15 is 0 Å². The van der Waals surface area contributed by atoms with Crippen molar-refractivity contribution in [1.82, 2.24) is 20.1 Å². The van der Waals surface area contributed by atoms with E-state index < -0.39 is 23.6 Å². The quantitative estimate of drug-likeness (QED) is 0.179. The molecular weight excluding hydrogens is 617 g/mol. The van der Waals surface area contributed by atoms with Crippen LogP contribution in [0.15, 0.2) is 109 Å². The summed E-state index contributed by atoms with van der Waals surface area (Å²) in [6.45, 7) is 5.57. The highest BCUT2D eigenvalue weighted by molar-refractivity contribution is 6.04. The van der Waals surface area contributed by atoms with Crippen molar-refractivity contribution in [3.63, 3.8) is 0 Å². The smallest absolute Gasteiger partial charge is 0.416 e. The van der Waals surface area contributed by atoms with Gasteiger partial charge in [-0.15, -0.1) is 0 Å². The van der Waals surface area contributed by atoms with Gasteiger partial charge in [-0.2, -0.15) is 13.2 Å². The topological polar surface area (TPSA) is 74.8 Å². The van der Waals surface area contributed by atoms with Gasteiger partial charge in [0, 0.05) is 57.1 Å². The predicted octanol–water partition coefficient (Wildman–Crippen LogP) is 6.40. The van der Waals surface area contributed by atoms with Crippen molar-refractivity contribution in [1.29, 1.82) is 0 Å². The molecule has 7 nitrogen and oxygen atoms in total. The Morgan fingerprint density at radius 1 is 0.854 bits per heavy atom. The molecule has 1 aliphatic rings. The molecule has 1 N–H and O–H groups in total. The van der Waals surface area contributed by atoms with E-state index in [0.29, 0.717) is 44.2 Å². The van der Waals surface area contributed by atoms with Gasteiger partial charge in [-0.3, -0.25) is 14.5 Å². The average Bonchev–Trinajstić information content (AvgIpc) is 3.10. The molecule has 0 saturated carbocycles. The summed E-state index contributed by atoms with van der Waals surface area (Å²) in [6, 6.07) is 27.7. The Morgan fingerprint density at radius 3 is 2.08 bits per heavy atom. The number of nitrogens with one attached hydrogen (secondary N) is 1. The third-order valence-electron chi connectivity index (χ3n) is 8.25. The Kier molecular flexibility index (Phi) is 11.6. The number of rotatable bonds is 12. The summed E-state index contributed by atoms with van der Waals surface area (Å²) in [5, 5.41) is 2.92. The van der Waals surface area contributed by atoms with E-state index in [4.69, 9.17) is 4.74 Å². The highest BCUT2D eigenvalue weighted by Gasteiger charge is 2.34. The number of alkyl halides is 3. The molecule has 10 heteroatoms. The lowest BCUT2D eigenvalue weighted by Crippen LogP contribution is -2.51. The minimum atomic E-state index is -4.50. The van der Waals surface area contributed by atoms with Crippen LogP contribution in [0.25, 0.3) is 6.08 Å². The summed E-state index contributed by atoms with van der Waals surface area (Å²) < 4.78 is 45.4. The first-order valence-corrected chi connectivity index (χ1v) is 16.0. The maximum atomic E-state index is 14.4. The number of benzene rings is 3. The molecule has 0 aliphatic carbocycles. The van der Waals surface area contributed by atoms with E-state index in [9.17, 15) is 22.8 Å². The average molecular weight is 657 g/mol.